The number of rotatable bonds is 6. The number of aliphatic hydroxyl groups excluding tert-OH is 2. The maximum atomic E-state index is 9.28. The van der Waals surface area contributed by atoms with E-state index in [4.69, 9.17) is 4.74 Å². The van der Waals surface area contributed by atoms with Gasteiger partial charge in [-0.1, -0.05) is 24.3 Å². The molecule has 0 atom stereocenters. The number of fused-ring (bicyclic) bond motifs is 3. The Morgan fingerprint density at radius 1 is 1.00 bits per heavy atom. The maximum absolute atomic E-state index is 9.28. The van der Waals surface area contributed by atoms with E-state index < -0.39 is 0 Å². The number of hydrogen-bond acceptors (Lipinski definition) is 4. The van der Waals surface area contributed by atoms with E-state index in [1.54, 1.807) is 7.11 Å². The quantitative estimate of drug-likeness (QED) is 0.731. The molecule has 0 saturated carbocycles. The molecule has 4 nitrogen and oxygen atoms in total. The SMILES string of the molecule is COc1cc2c(cc1N(CCO)CCO)-c1ccccc1C2. The number of ether oxygens (including phenoxy) is 1. The number of aliphatic hydroxyl groups is 2. The molecule has 22 heavy (non-hydrogen) atoms. The van der Waals surface area contributed by atoms with Crippen LogP contribution in [0.15, 0.2) is 36.4 Å². The molecule has 1 aliphatic rings. The fraction of sp³-hybridized carbons (Fsp3) is 0.333. The van der Waals surface area contributed by atoms with Gasteiger partial charge in [-0.2, -0.15) is 0 Å². The summed E-state index contributed by atoms with van der Waals surface area (Å²) in [5.41, 5.74) is 5.98. The lowest BCUT2D eigenvalue weighted by Gasteiger charge is -2.26. The monoisotopic (exact) mass is 299 g/mol. The van der Waals surface area contributed by atoms with Crippen molar-refractivity contribution in [1.29, 1.82) is 0 Å². The molecule has 0 aromatic heterocycles. The van der Waals surface area contributed by atoms with Gasteiger partial charge < -0.3 is 19.8 Å². The summed E-state index contributed by atoms with van der Waals surface area (Å²) in [6.07, 6.45) is 0.919. The van der Waals surface area contributed by atoms with Crippen molar-refractivity contribution in [3.05, 3.63) is 47.5 Å². The number of anilines is 1. The van der Waals surface area contributed by atoms with Crippen LogP contribution in [0.5, 0.6) is 5.75 Å². The van der Waals surface area contributed by atoms with Crippen LogP contribution in [0.25, 0.3) is 11.1 Å². The van der Waals surface area contributed by atoms with Crippen molar-refractivity contribution >= 4 is 5.69 Å². The molecule has 4 heteroatoms. The average Bonchev–Trinajstić information content (AvgIpc) is 2.91. The number of hydrogen-bond donors (Lipinski definition) is 2. The molecular formula is C18H21NO3. The van der Waals surface area contributed by atoms with E-state index in [9.17, 15) is 10.2 Å². The van der Waals surface area contributed by atoms with Gasteiger partial charge in [-0.3, -0.25) is 0 Å². The highest BCUT2D eigenvalue weighted by Crippen LogP contribution is 2.42. The topological polar surface area (TPSA) is 52.9 Å². The Kier molecular flexibility index (Phi) is 4.32. The summed E-state index contributed by atoms with van der Waals surface area (Å²) in [6.45, 7) is 1.02. The lowest BCUT2D eigenvalue weighted by molar-refractivity contribution is 0.280. The molecule has 0 saturated heterocycles. The van der Waals surface area contributed by atoms with Crippen molar-refractivity contribution < 1.29 is 14.9 Å². The minimum atomic E-state index is 0.0385. The summed E-state index contributed by atoms with van der Waals surface area (Å²) in [6, 6.07) is 12.6. The van der Waals surface area contributed by atoms with Gasteiger partial charge in [-0.25, -0.2) is 0 Å². The molecule has 3 rings (SSSR count). The molecule has 0 bridgehead atoms. The van der Waals surface area contributed by atoms with Crippen molar-refractivity contribution in [3.63, 3.8) is 0 Å². The summed E-state index contributed by atoms with van der Waals surface area (Å²) < 4.78 is 5.54. The Balaban J connectivity index is 2.08. The molecule has 2 N–H and O–H groups in total. The Morgan fingerprint density at radius 3 is 2.41 bits per heavy atom. The highest BCUT2D eigenvalue weighted by Gasteiger charge is 2.22. The molecule has 0 aliphatic heterocycles. The van der Waals surface area contributed by atoms with E-state index in [-0.39, 0.29) is 13.2 Å². The first-order valence-electron chi connectivity index (χ1n) is 7.54. The molecule has 0 unspecified atom stereocenters. The second-order valence-corrected chi connectivity index (χ2v) is 5.45. The summed E-state index contributed by atoms with van der Waals surface area (Å²) >= 11 is 0. The van der Waals surface area contributed by atoms with Crippen LogP contribution >= 0.6 is 0 Å². The second kappa shape index (κ2) is 6.38. The van der Waals surface area contributed by atoms with Crippen LogP contribution in [0, 0.1) is 0 Å². The average molecular weight is 299 g/mol. The van der Waals surface area contributed by atoms with Gasteiger partial charge in [0.15, 0.2) is 0 Å². The van der Waals surface area contributed by atoms with E-state index in [1.165, 1.54) is 22.3 Å². The fourth-order valence-corrected chi connectivity index (χ4v) is 3.15. The van der Waals surface area contributed by atoms with Gasteiger partial charge in [-0.15, -0.1) is 0 Å². The first-order chi connectivity index (χ1) is 10.8. The predicted octanol–water partition coefficient (Wildman–Crippen LogP) is 2.06. The van der Waals surface area contributed by atoms with Crippen LogP contribution in [-0.2, 0) is 6.42 Å². The Morgan fingerprint density at radius 2 is 1.73 bits per heavy atom. The van der Waals surface area contributed by atoms with Crippen LogP contribution in [-0.4, -0.2) is 43.6 Å². The minimum absolute atomic E-state index is 0.0385. The van der Waals surface area contributed by atoms with E-state index in [2.05, 4.69) is 36.4 Å². The van der Waals surface area contributed by atoms with Gasteiger partial charge in [-0.05, 0) is 40.8 Å². The molecule has 0 heterocycles. The van der Waals surface area contributed by atoms with Crippen LogP contribution in [0.4, 0.5) is 5.69 Å². The zero-order valence-corrected chi connectivity index (χ0v) is 12.7. The van der Waals surface area contributed by atoms with E-state index in [1.807, 2.05) is 4.90 Å². The first kappa shape index (κ1) is 14.9. The molecule has 0 radical (unpaired) electrons. The van der Waals surface area contributed by atoms with Crippen molar-refractivity contribution in [2.24, 2.45) is 0 Å². The summed E-state index contributed by atoms with van der Waals surface area (Å²) in [5, 5.41) is 18.6. The van der Waals surface area contributed by atoms with Crippen LogP contribution < -0.4 is 9.64 Å². The van der Waals surface area contributed by atoms with Crippen LogP contribution in [0.1, 0.15) is 11.1 Å². The Labute approximate surface area is 130 Å². The number of methoxy groups -OCH3 is 1. The normalized spacial score (nSPS) is 12.0. The highest BCUT2D eigenvalue weighted by molar-refractivity contribution is 5.82. The Bertz CT molecular complexity index is 663. The summed E-state index contributed by atoms with van der Waals surface area (Å²) in [4.78, 5) is 1.96. The minimum Gasteiger partial charge on any atom is -0.495 e. The molecule has 2 aromatic carbocycles. The van der Waals surface area contributed by atoms with Crippen molar-refractivity contribution in [3.8, 4) is 16.9 Å². The van der Waals surface area contributed by atoms with Gasteiger partial charge in [0, 0.05) is 13.1 Å². The lowest BCUT2D eigenvalue weighted by atomic mass is 10.0. The largest absolute Gasteiger partial charge is 0.495 e. The third-order valence-corrected chi connectivity index (χ3v) is 4.17. The van der Waals surface area contributed by atoms with Gasteiger partial charge in [0.1, 0.15) is 5.75 Å². The summed E-state index contributed by atoms with van der Waals surface area (Å²) in [5.74, 6) is 0.786. The van der Waals surface area contributed by atoms with Gasteiger partial charge in [0.25, 0.3) is 0 Å². The highest BCUT2D eigenvalue weighted by atomic mass is 16.5. The van der Waals surface area contributed by atoms with Gasteiger partial charge in [0.05, 0.1) is 26.0 Å². The zero-order valence-electron chi connectivity index (χ0n) is 12.7. The van der Waals surface area contributed by atoms with E-state index in [0.29, 0.717) is 13.1 Å². The van der Waals surface area contributed by atoms with Crippen LogP contribution in [0.2, 0.25) is 0 Å². The second-order valence-electron chi connectivity index (χ2n) is 5.45. The zero-order chi connectivity index (χ0) is 15.5. The molecule has 0 fully saturated rings. The van der Waals surface area contributed by atoms with E-state index >= 15 is 0 Å². The van der Waals surface area contributed by atoms with Crippen molar-refractivity contribution in [2.75, 3.05) is 38.3 Å². The fourth-order valence-electron chi connectivity index (χ4n) is 3.15. The predicted molar refractivity (Wildman–Crippen MR) is 87.6 cm³/mol. The first-order valence-corrected chi connectivity index (χ1v) is 7.54. The molecule has 2 aromatic rings. The standard InChI is InChI=1S/C18H21NO3/c1-22-18-11-14-10-13-4-2-3-5-15(13)16(14)12-17(18)19(6-8-20)7-9-21/h2-5,11-12,20-21H,6-10H2,1H3. The van der Waals surface area contributed by atoms with Crippen LogP contribution in [0.3, 0.4) is 0 Å². The molecule has 1 aliphatic carbocycles. The molecule has 0 spiro atoms. The van der Waals surface area contributed by atoms with Crippen molar-refractivity contribution in [2.45, 2.75) is 6.42 Å². The maximum Gasteiger partial charge on any atom is 0.142 e. The van der Waals surface area contributed by atoms with Crippen molar-refractivity contribution in [1.82, 2.24) is 0 Å². The third kappa shape index (κ3) is 2.56. The molecule has 0 amide bonds. The molecular weight excluding hydrogens is 278 g/mol. The van der Waals surface area contributed by atoms with Gasteiger partial charge >= 0.3 is 0 Å². The smallest absolute Gasteiger partial charge is 0.142 e. The molecule has 116 valence electrons. The van der Waals surface area contributed by atoms with E-state index in [0.717, 1.165) is 17.9 Å². The third-order valence-electron chi connectivity index (χ3n) is 4.17. The lowest BCUT2D eigenvalue weighted by Crippen LogP contribution is -2.30. The summed E-state index contributed by atoms with van der Waals surface area (Å²) in [7, 11) is 1.66. The number of benzene rings is 2. The van der Waals surface area contributed by atoms with Gasteiger partial charge in [0.2, 0.25) is 0 Å². The number of nitrogens with zero attached hydrogens (tertiary/aromatic N) is 1. The Hall–Kier alpha value is -2.04.